The first kappa shape index (κ1) is 14.5. The molecule has 1 aromatic carbocycles. The molecule has 3 aromatic rings. The van der Waals surface area contributed by atoms with Gasteiger partial charge in [0, 0.05) is 34.9 Å². The Morgan fingerprint density at radius 1 is 1.18 bits per heavy atom. The van der Waals surface area contributed by atoms with Crippen molar-refractivity contribution in [2.45, 2.75) is 6.92 Å². The van der Waals surface area contributed by atoms with Gasteiger partial charge in [-0.15, -0.1) is 0 Å². The third kappa shape index (κ3) is 2.78. The standard InChI is InChI=1S/C17H14ClN3O/c1-2-19-17(22)15-7-6-12(9-20-15)16-8-11-4-3-5-14(18)13(11)10-21-16/h3-10H,2H2,1H3,(H,19,22). The minimum absolute atomic E-state index is 0.174. The lowest BCUT2D eigenvalue weighted by molar-refractivity contribution is 0.0951. The number of nitrogens with one attached hydrogen (secondary N) is 1. The molecule has 22 heavy (non-hydrogen) atoms. The molecule has 0 aliphatic heterocycles. The van der Waals surface area contributed by atoms with E-state index >= 15 is 0 Å². The van der Waals surface area contributed by atoms with Crippen LogP contribution in [0.25, 0.3) is 22.0 Å². The van der Waals surface area contributed by atoms with Crippen molar-refractivity contribution in [3.63, 3.8) is 0 Å². The van der Waals surface area contributed by atoms with Crippen molar-refractivity contribution in [2.75, 3.05) is 6.54 Å². The third-order valence-electron chi connectivity index (χ3n) is 3.34. The van der Waals surface area contributed by atoms with Crippen molar-refractivity contribution in [3.8, 4) is 11.3 Å². The SMILES string of the molecule is CCNC(=O)c1ccc(-c2cc3cccc(Cl)c3cn2)cn1. The van der Waals surface area contributed by atoms with E-state index in [1.807, 2.05) is 37.3 Å². The van der Waals surface area contributed by atoms with Crippen molar-refractivity contribution < 1.29 is 4.79 Å². The first-order chi connectivity index (χ1) is 10.7. The highest BCUT2D eigenvalue weighted by Crippen LogP contribution is 2.26. The van der Waals surface area contributed by atoms with Crippen molar-refractivity contribution in [3.05, 3.63) is 59.5 Å². The Bertz CT molecular complexity index is 831. The summed E-state index contributed by atoms with van der Waals surface area (Å²) in [6.07, 6.45) is 3.41. The van der Waals surface area contributed by atoms with Crippen LogP contribution in [0.2, 0.25) is 5.02 Å². The molecule has 0 atom stereocenters. The Hall–Kier alpha value is -2.46. The van der Waals surface area contributed by atoms with Gasteiger partial charge in [-0.25, -0.2) is 0 Å². The Labute approximate surface area is 133 Å². The number of aromatic nitrogens is 2. The van der Waals surface area contributed by atoms with E-state index in [0.29, 0.717) is 17.3 Å². The van der Waals surface area contributed by atoms with E-state index in [0.717, 1.165) is 22.0 Å². The normalized spacial score (nSPS) is 10.6. The van der Waals surface area contributed by atoms with E-state index in [2.05, 4.69) is 15.3 Å². The summed E-state index contributed by atoms with van der Waals surface area (Å²) in [6, 6.07) is 11.2. The van der Waals surface area contributed by atoms with Gasteiger partial charge in [0.05, 0.1) is 5.69 Å². The van der Waals surface area contributed by atoms with Gasteiger partial charge < -0.3 is 5.32 Å². The predicted molar refractivity (Wildman–Crippen MR) is 88.0 cm³/mol. The summed E-state index contributed by atoms with van der Waals surface area (Å²) in [6.45, 7) is 2.45. The molecular weight excluding hydrogens is 298 g/mol. The summed E-state index contributed by atoms with van der Waals surface area (Å²) < 4.78 is 0. The van der Waals surface area contributed by atoms with Gasteiger partial charge in [-0.1, -0.05) is 23.7 Å². The largest absolute Gasteiger partial charge is 0.351 e. The number of amides is 1. The van der Waals surface area contributed by atoms with E-state index in [9.17, 15) is 4.79 Å². The zero-order chi connectivity index (χ0) is 15.5. The van der Waals surface area contributed by atoms with Crippen LogP contribution in [-0.2, 0) is 0 Å². The van der Waals surface area contributed by atoms with Gasteiger partial charge in [0.15, 0.2) is 0 Å². The average molecular weight is 312 g/mol. The lowest BCUT2D eigenvalue weighted by atomic mass is 10.1. The van der Waals surface area contributed by atoms with Crippen molar-refractivity contribution in [1.82, 2.24) is 15.3 Å². The highest BCUT2D eigenvalue weighted by atomic mass is 35.5. The second-order valence-corrected chi connectivity index (χ2v) is 5.23. The zero-order valence-electron chi connectivity index (χ0n) is 12.0. The van der Waals surface area contributed by atoms with E-state index < -0.39 is 0 Å². The molecule has 3 rings (SSSR count). The van der Waals surface area contributed by atoms with Crippen LogP contribution >= 0.6 is 11.6 Å². The van der Waals surface area contributed by atoms with Gasteiger partial charge in [-0.3, -0.25) is 14.8 Å². The minimum Gasteiger partial charge on any atom is -0.351 e. The number of carbonyl (C=O) groups is 1. The van der Waals surface area contributed by atoms with Crippen LogP contribution in [0.3, 0.4) is 0 Å². The average Bonchev–Trinajstić information content (AvgIpc) is 2.55. The molecule has 0 saturated carbocycles. The van der Waals surface area contributed by atoms with Crippen LogP contribution in [0, 0.1) is 0 Å². The van der Waals surface area contributed by atoms with E-state index in [1.54, 1.807) is 18.5 Å². The summed E-state index contributed by atoms with van der Waals surface area (Å²) in [5.74, 6) is -0.174. The van der Waals surface area contributed by atoms with Crippen molar-refractivity contribution in [1.29, 1.82) is 0 Å². The van der Waals surface area contributed by atoms with Crippen LogP contribution in [0.4, 0.5) is 0 Å². The summed E-state index contributed by atoms with van der Waals surface area (Å²) in [5.41, 5.74) is 2.05. The molecule has 2 aromatic heterocycles. The monoisotopic (exact) mass is 311 g/mol. The molecule has 0 fully saturated rings. The quantitative estimate of drug-likeness (QED) is 0.802. The smallest absolute Gasteiger partial charge is 0.269 e. The second-order valence-electron chi connectivity index (χ2n) is 4.82. The molecule has 5 heteroatoms. The summed E-state index contributed by atoms with van der Waals surface area (Å²) >= 11 is 6.14. The molecule has 1 N–H and O–H groups in total. The number of rotatable bonds is 3. The Kier molecular flexibility index (Phi) is 4.02. The first-order valence-electron chi connectivity index (χ1n) is 6.98. The Morgan fingerprint density at radius 3 is 2.77 bits per heavy atom. The number of fused-ring (bicyclic) bond motifs is 1. The van der Waals surface area contributed by atoms with Gasteiger partial charge in [-0.2, -0.15) is 0 Å². The number of benzene rings is 1. The third-order valence-corrected chi connectivity index (χ3v) is 3.67. The molecular formula is C17H14ClN3O. The van der Waals surface area contributed by atoms with Crippen LogP contribution in [0.1, 0.15) is 17.4 Å². The molecule has 2 heterocycles. The number of pyridine rings is 2. The fourth-order valence-electron chi connectivity index (χ4n) is 2.22. The van der Waals surface area contributed by atoms with Crippen LogP contribution in [0.5, 0.6) is 0 Å². The molecule has 0 radical (unpaired) electrons. The Morgan fingerprint density at radius 2 is 2.05 bits per heavy atom. The summed E-state index contributed by atoms with van der Waals surface area (Å²) in [5, 5.41) is 5.34. The summed E-state index contributed by atoms with van der Waals surface area (Å²) in [4.78, 5) is 20.3. The molecule has 0 bridgehead atoms. The van der Waals surface area contributed by atoms with Crippen molar-refractivity contribution in [2.24, 2.45) is 0 Å². The maximum Gasteiger partial charge on any atom is 0.269 e. The zero-order valence-corrected chi connectivity index (χ0v) is 12.8. The van der Waals surface area contributed by atoms with Crippen molar-refractivity contribution >= 4 is 28.3 Å². The highest BCUT2D eigenvalue weighted by Gasteiger charge is 2.08. The number of halogens is 1. The number of hydrogen-bond acceptors (Lipinski definition) is 3. The number of carbonyl (C=O) groups excluding carboxylic acids is 1. The molecule has 110 valence electrons. The van der Waals surface area contributed by atoms with Gasteiger partial charge >= 0.3 is 0 Å². The molecule has 1 amide bonds. The van der Waals surface area contributed by atoms with Crippen LogP contribution in [-0.4, -0.2) is 22.4 Å². The van der Waals surface area contributed by atoms with Gasteiger partial charge in [0.1, 0.15) is 5.69 Å². The first-order valence-corrected chi connectivity index (χ1v) is 7.35. The van der Waals surface area contributed by atoms with E-state index in [1.165, 1.54) is 0 Å². The predicted octanol–water partition coefficient (Wildman–Crippen LogP) is 3.70. The summed E-state index contributed by atoms with van der Waals surface area (Å²) in [7, 11) is 0. The fraction of sp³-hybridized carbons (Fsp3) is 0.118. The maximum absolute atomic E-state index is 11.7. The number of hydrogen-bond donors (Lipinski definition) is 1. The molecule has 0 saturated heterocycles. The highest BCUT2D eigenvalue weighted by molar-refractivity contribution is 6.35. The number of nitrogens with zero attached hydrogens (tertiary/aromatic N) is 2. The second kappa shape index (κ2) is 6.12. The van der Waals surface area contributed by atoms with Gasteiger partial charge in [0.2, 0.25) is 0 Å². The van der Waals surface area contributed by atoms with Gasteiger partial charge in [0.25, 0.3) is 5.91 Å². The molecule has 4 nitrogen and oxygen atoms in total. The van der Waals surface area contributed by atoms with Crippen LogP contribution < -0.4 is 5.32 Å². The van der Waals surface area contributed by atoms with Gasteiger partial charge in [-0.05, 0) is 36.6 Å². The Balaban J connectivity index is 1.95. The van der Waals surface area contributed by atoms with Crippen LogP contribution in [0.15, 0.2) is 48.8 Å². The molecule has 0 aliphatic rings. The lowest BCUT2D eigenvalue weighted by Crippen LogP contribution is -2.23. The molecule has 0 unspecified atom stereocenters. The molecule has 0 aliphatic carbocycles. The van der Waals surface area contributed by atoms with E-state index in [4.69, 9.17) is 11.6 Å². The van der Waals surface area contributed by atoms with E-state index in [-0.39, 0.29) is 5.91 Å². The fourth-order valence-corrected chi connectivity index (χ4v) is 2.45. The topological polar surface area (TPSA) is 54.9 Å². The lowest BCUT2D eigenvalue weighted by Gasteiger charge is -2.05. The minimum atomic E-state index is -0.174. The molecule has 0 spiro atoms. The maximum atomic E-state index is 11.7.